The molecule has 0 heterocycles. The molecule has 0 saturated heterocycles. The van der Waals surface area contributed by atoms with Gasteiger partial charge in [-0.3, -0.25) is 9.59 Å². The van der Waals surface area contributed by atoms with Gasteiger partial charge in [0, 0.05) is 6.54 Å². The highest BCUT2D eigenvalue weighted by Gasteiger charge is 2.51. The Morgan fingerprint density at radius 3 is 2.30 bits per heavy atom. The van der Waals surface area contributed by atoms with Crippen LogP contribution in [0.3, 0.4) is 0 Å². The van der Waals surface area contributed by atoms with Gasteiger partial charge in [-0.05, 0) is 48.6 Å². The van der Waals surface area contributed by atoms with Crippen LogP contribution in [-0.2, 0) is 21.5 Å². The van der Waals surface area contributed by atoms with Crippen LogP contribution in [0.15, 0.2) is 48.5 Å². The van der Waals surface area contributed by atoms with Gasteiger partial charge in [-0.2, -0.15) is 0 Å². The molecule has 27 heavy (non-hydrogen) atoms. The van der Waals surface area contributed by atoms with E-state index in [9.17, 15) is 14.0 Å². The van der Waals surface area contributed by atoms with Crippen molar-refractivity contribution in [2.24, 2.45) is 0 Å². The van der Waals surface area contributed by atoms with Crippen LogP contribution in [0.5, 0.6) is 0 Å². The van der Waals surface area contributed by atoms with Gasteiger partial charge in [-0.25, -0.2) is 4.39 Å². The summed E-state index contributed by atoms with van der Waals surface area (Å²) in [7, 11) is 0. The van der Waals surface area contributed by atoms with E-state index in [4.69, 9.17) is 11.6 Å². The first-order chi connectivity index (χ1) is 12.9. The Hall–Kier alpha value is -2.40. The smallest absolute Gasteiger partial charge is 0.235 e. The zero-order valence-electron chi connectivity index (χ0n) is 15.1. The molecule has 1 unspecified atom stereocenters. The summed E-state index contributed by atoms with van der Waals surface area (Å²) in [4.78, 5) is 24.0. The molecule has 0 aromatic heterocycles. The molecule has 0 bridgehead atoms. The van der Waals surface area contributed by atoms with E-state index < -0.39 is 5.41 Å². The van der Waals surface area contributed by atoms with Gasteiger partial charge in [0.15, 0.2) is 0 Å². The molecule has 6 heteroatoms. The van der Waals surface area contributed by atoms with Crippen molar-refractivity contribution < 1.29 is 14.0 Å². The zero-order valence-corrected chi connectivity index (χ0v) is 15.9. The molecular weight excluding hydrogens is 367 g/mol. The van der Waals surface area contributed by atoms with Crippen LogP contribution in [0.2, 0.25) is 0 Å². The van der Waals surface area contributed by atoms with Crippen LogP contribution < -0.4 is 10.6 Å². The molecule has 2 N–H and O–H groups in total. The average Bonchev–Trinajstić information content (AvgIpc) is 3.49. The summed E-state index contributed by atoms with van der Waals surface area (Å²) in [5.41, 5.74) is 2.28. The third kappa shape index (κ3) is 4.48. The third-order valence-electron chi connectivity index (χ3n) is 5.01. The molecule has 4 nitrogen and oxygen atoms in total. The van der Waals surface area contributed by atoms with Crippen molar-refractivity contribution >= 4 is 23.4 Å². The number of carbonyl (C=O) groups is 2. The standard InChI is InChI=1S/C21H22ClFN2O2/c1-14(25-19(26)12-22)16-4-2-15(3-5-16)13-24-20(27)21(10-11-21)17-6-8-18(23)9-7-17/h2-9,14H,10-13H2,1H3,(H,24,27)(H,25,26). The van der Waals surface area contributed by atoms with Crippen molar-refractivity contribution in [3.05, 3.63) is 71.0 Å². The second-order valence-electron chi connectivity index (χ2n) is 6.94. The molecule has 0 spiro atoms. The summed E-state index contributed by atoms with van der Waals surface area (Å²) >= 11 is 5.50. The molecule has 3 rings (SSSR count). The minimum Gasteiger partial charge on any atom is -0.351 e. The summed E-state index contributed by atoms with van der Waals surface area (Å²) in [6.07, 6.45) is 1.56. The fraction of sp³-hybridized carbons (Fsp3) is 0.333. The Kier molecular flexibility index (Phi) is 5.80. The number of hydrogen-bond donors (Lipinski definition) is 2. The third-order valence-corrected chi connectivity index (χ3v) is 5.26. The van der Waals surface area contributed by atoms with E-state index in [0.717, 1.165) is 29.5 Å². The molecule has 0 aliphatic heterocycles. The molecule has 1 atom stereocenters. The van der Waals surface area contributed by atoms with Crippen molar-refractivity contribution in [3.8, 4) is 0 Å². The molecule has 142 valence electrons. The molecule has 2 amide bonds. The Labute approximate surface area is 163 Å². The maximum absolute atomic E-state index is 13.1. The Bertz CT molecular complexity index is 817. The van der Waals surface area contributed by atoms with E-state index in [1.54, 1.807) is 12.1 Å². The van der Waals surface area contributed by atoms with Gasteiger partial charge >= 0.3 is 0 Å². The van der Waals surface area contributed by atoms with Crippen LogP contribution in [0, 0.1) is 5.82 Å². The van der Waals surface area contributed by atoms with E-state index in [-0.39, 0.29) is 29.6 Å². The number of rotatable bonds is 7. The minimum atomic E-state index is -0.520. The summed E-state index contributed by atoms with van der Waals surface area (Å²) in [5, 5.41) is 5.78. The van der Waals surface area contributed by atoms with Crippen LogP contribution >= 0.6 is 11.6 Å². The quantitative estimate of drug-likeness (QED) is 0.712. The van der Waals surface area contributed by atoms with Gasteiger partial charge in [0.25, 0.3) is 0 Å². The van der Waals surface area contributed by atoms with Gasteiger partial charge in [-0.1, -0.05) is 36.4 Å². The topological polar surface area (TPSA) is 58.2 Å². The van der Waals surface area contributed by atoms with E-state index in [1.807, 2.05) is 31.2 Å². The molecule has 1 saturated carbocycles. The van der Waals surface area contributed by atoms with Gasteiger partial charge in [-0.15, -0.1) is 11.6 Å². The first-order valence-electron chi connectivity index (χ1n) is 8.93. The Morgan fingerprint density at radius 1 is 1.11 bits per heavy atom. The number of benzene rings is 2. The lowest BCUT2D eigenvalue weighted by Crippen LogP contribution is -2.34. The predicted molar refractivity (Wildman–Crippen MR) is 103 cm³/mol. The second kappa shape index (κ2) is 8.09. The van der Waals surface area contributed by atoms with E-state index >= 15 is 0 Å². The van der Waals surface area contributed by atoms with E-state index in [2.05, 4.69) is 10.6 Å². The lowest BCUT2D eigenvalue weighted by Gasteiger charge is -2.17. The minimum absolute atomic E-state index is 0.0269. The maximum atomic E-state index is 13.1. The predicted octanol–water partition coefficient (Wildman–Crippen LogP) is 3.59. The number of amides is 2. The van der Waals surface area contributed by atoms with Crippen molar-refractivity contribution in [1.29, 1.82) is 0 Å². The maximum Gasteiger partial charge on any atom is 0.235 e. The highest BCUT2D eigenvalue weighted by atomic mass is 35.5. The number of halogens is 2. The summed E-state index contributed by atoms with van der Waals surface area (Å²) < 4.78 is 13.1. The number of hydrogen-bond acceptors (Lipinski definition) is 2. The fourth-order valence-electron chi connectivity index (χ4n) is 3.18. The molecule has 1 aliphatic carbocycles. The number of alkyl halides is 1. The Morgan fingerprint density at radius 2 is 1.74 bits per heavy atom. The SMILES string of the molecule is CC(NC(=O)CCl)c1ccc(CNC(=O)C2(c3ccc(F)cc3)CC2)cc1. The van der Waals surface area contributed by atoms with Crippen molar-refractivity contribution in [2.75, 3.05) is 5.88 Å². The lowest BCUT2D eigenvalue weighted by atomic mass is 9.95. The zero-order chi connectivity index (χ0) is 19.4. The average molecular weight is 389 g/mol. The van der Waals surface area contributed by atoms with Crippen LogP contribution in [-0.4, -0.2) is 17.7 Å². The van der Waals surface area contributed by atoms with Gasteiger partial charge in [0.1, 0.15) is 11.7 Å². The number of nitrogens with one attached hydrogen (secondary N) is 2. The monoisotopic (exact) mass is 388 g/mol. The fourth-order valence-corrected chi connectivity index (χ4v) is 3.26. The van der Waals surface area contributed by atoms with Crippen LogP contribution in [0.25, 0.3) is 0 Å². The molecule has 0 radical (unpaired) electrons. The molecule has 1 aliphatic rings. The first-order valence-corrected chi connectivity index (χ1v) is 9.46. The van der Waals surface area contributed by atoms with Gasteiger partial charge in [0.2, 0.25) is 11.8 Å². The second-order valence-corrected chi connectivity index (χ2v) is 7.20. The van der Waals surface area contributed by atoms with Crippen LogP contribution in [0.4, 0.5) is 4.39 Å². The summed E-state index contributed by atoms with van der Waals surface area (Å²) in [5.74, 6) is -0.604. The van der Waals surface area contributed by atoms with Crippen molar-refractivity contribution in [1.82, 2.24) is 10.6 Å². The number of carbonyl (C=O) groups excluding carboxylic acids is 2. The van der Waals surface area contributed by atoms with Gasteiger partial charge < -0.3 is 10.6 Å². The van der Waals surface area contributed by atoms with Crippen molar-refractivity contribution in [2.45, 2.75) is 37.8 Å². The highest BCUT2D eigenvalue weighted by Crippen LogP contribution is 2.48. The van der Waals surface area contributed by atoms with E-state index in [0.29, 0.717) is 6.54 Å². The molecule has 2 aromatic rings. The lowest BCUT2D eigenvalue weighted by molar-refractivity contribution is -0.123. The Balaban J connectivity index is 1.58. The molecular formula is C21H22ClFN2O2. The largest absolute Gasteiger partial charge is 0.351 e. The van der Waals surface area contributed by atoms with Crippen LogP contribution in [0.1, 0.15) is 42.5 Å². The summed E-state index contributed by atoms with van der Waals surface area (Å²) in [6, 6.07) is 13.7. The highest BCUT2D eigenvalue weighted by molar-refractivity contribution is 6.27. The summed E-state index contributed by atoms with van der Waals surface area (Å²) in [6.45, 7) is 2.31. The normalized spacial score (nSPS) is 15.7. The van der Waals surface area contributed by atoms with Gasteiger partial charge in [0.05, 0.1) is 11.5 Å². The molecule has 2 aromatic carbocycles. The first kappa shape index (κ1) is 19.4. The van der Waals surface area contributed by atoms with Crippen molar-refractivity contribution in [3.63, 3.8) is 0 Å². The van der Waals surface area contributed by atoms with E-state index in [1.165, 1.54) is 12.1 Å². The molecule has 1 fully saturated rings.